The fraction of sp³-hybridized carbons (Fsp3) is 0.278. The Hall–Kier alpha value is -2.57. The second-order valence-corrected chi connectivity index (χ2v) is 5.73. The van der Waals surface area contributed by atoms with Crippen LogP contribution in [0, 0.1) is 0 Å². The summed E-state index contributed by atoms with van der Waals surface area (Å²) in [4.78, 5) is 11.0. The van der Waals surface area contributed by atoms with Crippen molar-refractivity contribution in [3.05, 3.63) is 66.2 Å². The SMILES string of the molecule is c1ccc([C@@H]2CN(Cc3nc(-c4ccccn4)no3)CCO2)cc1. The van der Waals surface area contributed by atoms with E-state index in [1.54, 1.807) is 6.20 Å². The zero-order valence-electron chi connectivity index (χ0n) is 13.2. The normalized spacial score (nSPS) is 18.6. The van der Waals surface area contributed by atoms with Crippen LogP contribution in [0.25, 0.3) is 11.5 Å². The average molecular weight is 322 g/mol. The van der Waals surface area contributed by atoms with Crippen LogP contribution in [-0.4, -0.2) is 39.7 Å². The molecule has 0 unspecified atom stereocenters. The van der Waals surface area contributed by atoms with E-state index in [0.29, 0.717) is 24.9 Å². The Bertz CT molecular complexity index is 776. The third-order valence-electron chi connectivity index (χ3n) is 4.04. The quantitative estimate of drug-likeness (QED) is 0.736. The Morgan fingerprint density at radius 2 is 1.96 bits per heavy atom. The maximum atomic E-state index is 5.89. The molecule has 0 bridgehead atoms. The summed E-state index contributed by atoms with van der Waals surface area (Å²) in [5.74, 6) is 1.13. The molecule has 1 aromatic carbocycles. The smallest absolute Gasteiger partial charge is 0.241 e. The zero-order valence-corrected chi connectivity index (χ0v) is 13.2. The van der Waals surface area contributed by atoms with Gasteiger partial charge in [0.25, 0.3) is 0 Å². The molecule has 122 valence electrons. The molecule has 0 radical (unpaired) electrons. The number of rotatable bonds is 4. The summed E-state index contributed by atoms with van der Waals surface area (Å²) >= 11 is 0. The fourth-order valence-corrected chi connectivity index (χ4v) is 2.82. The van der Waals surface area contributed by atoms with Crippen LogP contribution in [0.1, 0.15) is 17.6 Å². The minimum atomic E-state index is 0.0816. The molecule has 4 rings (SSSR count). The van der Waals surface area contributed by atoms with E-state index in [1.807, 2.05) is 36.4 Å². The van der Waals surface area contributed by atoms with Gasteiger partial charge in [-0.3, -0.25) is 9.88 Å². The fourth-order valence-electron chi connectivity index (χ4n) is 2.82. The molecular formula is C18H18N4O2. The van der Waals surface area contributed by atoms with Crippen molar-refractivity contribution >= 4 is 0 Å². The second kappa shape index (κ2) is 6.90. The molecule has 3 heterocycles. The molecule has 6 heteroatoms. The zero-order chi connectivity index (χ0) is 16.2. The standard InChI is InChI=1S/C18H18N4O2/c1-2-6-14(7-3-1)16-12-22(10-11-23-16)13-17-20-18(21-24-17)15-8-4-5-9-19-15/h1-9,16H,10-13H2/t16-/m0/s1. The van der Waals surface area contributed by atoms with Crippen LogP contribution in [0.3, 0.4) is 0 Å². The number of nitrogens with zero attached hydrogens (tertiary/aromatic N) is 4. The molecule has 1 fully saturated rings. The van der Waals surface area contributed by atoms with E-state index in [-0.39, 0.29) is 6.10 Å². The molecule has 1 aliphatic heterocycles. The Kier molecular flexibility index (Phi) is 4.31. The molecule has 0 spiro atoms. The molecule has 1 saturated heterocycles. The topological polar surface area (TPSA) is 64.3 Å². The Morgan fingerprint density at radius 1 is 1.08 bits per heavy atom. The van der Waals surface area contributed by atoms with Crippen molar-refractivity contribution in [1.82, 2.24) is 20.0 Å². The van der Waals surface area contributed by atoms with Crippen LogP contribution >= 0.6 is 0 Å². The highest BCUT2D eigenvalue weighted by atomic mass is 16.5. The lowest BCUT2D eigenvalue weighted by atomic mass is 10.1. The maximum Gasteiger partial charge on any atom is 0.241 e. The van der Waals surface area contributed by atoms with Crippen molar-refractivity contribution in [1.29, 1.82) is 0 Å². The summed E-state index contributed by atoms with van der Waals surface area (Å²) in [6, 6.07) is 15.9. The molecule has 0 saturated carbocycles. The summed E-state index contributed by atoms with van der Waals surface area (Å²) in [5, 5.41) is 4.02. The average Bonchev–Trinajstić information content (AvgIpc) is 3.12. The third kappa shape index (κ3) is 3.34. The van der Waals surface area contributed by atoms with Crippen LogP contribution < -0.4 is 0 Å². The minimum Gasteiger partial charge on any atom is -0.371 e. The molecule has 6 nitrogen and oxygen atoms in total. The summed E-state index contributed by atoms with van der Waals surface area (Å²) in [6.07, 6.45) is 1.80. The molecule has 0 aliphatic carbocycles. The Morgan fingerprint density at radius 3 is 2.79 bits per heavy atom. The largest absolute Gasteiger partial charge is 0.371 e. The molecule has 3 aromatic rings. The van der Waals surface area contributed by atoms with Gasteiger partial charge in [0, 0.05) is 19.3 Å². The van der Waals surface area contributed by atoms with Crippen LogP contribution in [0.5, 0.6) is 0 Å². The molecule has 2 aromatic heterocycles. The lowest BCUT2D eigenvalue weighted by Crippen LogP contribution is -2.37. The Balaban J connectivity index is 1.43. The molecule has 0 amide bonds. The van der Waals surface area contributed by atoms with Crippen molar-refractivity contribution in [2.75, 3.05) is 19.7 Å². The third-order valence-corrected chi connectivity index (χ3v) is 4.04. The highest BCUT2D eigenvalue weighted by Gasteiger charge is 2.23. The van der Waals surface area contributed by atoms with Gasteiger partial charge in [0.2, 0.25) is 11.7 Å². The van der Waals surface area contributed by atoms with Gasteiger partial charge in [-0.2, -0.15) is 4.98 Å². The summed E-state index contributed by atoms with van der Waals surface area (Å²) in [5.41, 5.74) is 1.92. The lowest BCUT2D eigenvalue weighted by molar-refractivity contribution is -0.0355. The molecule has 1 atom stereocenters. The number of pyridine rings is 1. The second-order valence-electron chi connectivity index (χ2n) is 5.73. The first kappa shape index (κ1) is 15.0. The number of aromatic nitrogens is 3. The van der Waals surface area contributed by atoms with Gasteiger partial charge < -0.3 is 9.26 Å². The van der Waals surface area contributed by atoms with E-state index >= 15 is 0 Å². The van der Waals surface area contributed by atoms with Crippen molar-refractivity contribution < 1.29 is 9.26 Å². The van der Waals surface area contributed by atoms with Gasteiger partial charge in [-0.15, -0.1) is 0 Å². The van der Waals surface area contributed by atoms with Crippen molar-refractivity contribution in [3.8, 4) is 11.5 Å². The summed E-state index contributed by atoms with van der Waals surface area (Å²) in [7, 11) is 0. The first-order valence-electron chi connectivity index (χ1n) is 8.01. The van der Waals surface area contributed by atoms with Crippen molar-refractivity contribution in [3.63, 3.8) is 0 Å². The first-order valence-corrected chi connectivity index (χ1v) is 8.01. The van der Waals surface area contributed by atoms with E-state index in [0.717, 1.165) is 18.8 Å². The van der Waals surface area contributed by atoms with E-state index in [2.05, 4.69) is 32.2 Å². The molecular weight excluding hydrogens is 304 g/mol. The van der Waals surface area contributed by atoms with Crippen molar-refractivity contribution in [2.45, 2.75) is 12.6 Å². The molecule has 1 aliphatic rings. The predicted octanol–water partition coefficient (Wildman–Crippen LogP) is 2.71. The molecule has 24 heavy (non-hydrogen) atoms. The predicted molar refractivity (Wildman–Crippen MR) is 87.9 cm³/mol. The van der Waals surface area contributed by atoms with Gasteiger partial charge in [0.1, 0.15) is 5.69 Å². The summed E-state index contributed by atoms with van der Waals surface area (Å²) < 4.78 is 11.3. The highest BCUT2D eigenvalue weighted by Crippen LogP contribution is 2.23. The van der Waals surface area contributed by atoms with Gasteiger partial charge >= 0.3 is 0 Å². The van der Waals surface area contributed by atoms with Gasteiger partial charge in [0.05, 0.1) is 19.3 Å². The van der Waals surface area contributed by atoms with Gasteiger partial charge in [-0.25, -0.2) is 0 Å². The number of benzene rings is 1. The highest BCUT2D eigenvalue weighted by molar-refractivity contribution is 5.46. The van der Waals surface area contributed by atoms with Crippen molar-refractivity contribution in [2.24, 2.45) is 0 Å². The van der Waals surface area contributed by atoms with E-state index in [4.69, 9.17) is 9.26 Å². The number of morpholine rings is 1. The van der Waals surface area contributed by atoms with Crippen LogP contribution in [-0.2, 0) is 11.3 Å². The van der Waals surface area contributed by atoms with E-state index < -0.39 is 0 Å². The summed E-state index contributed by atoms with van der Waals surface area (Å²) in [6.45, 7) is 2.98. The monoisotopic (exact) mass is 322 g/mol. The van der Waals surface area contributed by atoms with Gasteiger partial charge in [0.15, 0.2) is 0 Å². The van der Waals surface area contributed by atoms with Crippen LogP contribution in [0.2, 0.25) is 0 Å². The van der Waals surface area contributed by atoms with E-state index in [9.17, 15) is 0 Å². The van der Waals surface area contributed by atoms with Gasteiger partial charge in [-0.1, -0.05) is 41.6 Å². The number of hydrogen-bond donors (Lipinski definition) is 0. The number of hydrogen-bond acceptors (Lipinski definition) is 6. The van der Waals surface area contributed by atoms with Crippen LogP contribution in [0.15, 0.2) is 59.3 Å². The van der Waals surface area contributed by atoms with E-state index in [1.165, 1.54) is 5.56 Å². The molecule has 0 N–H and O–H groups in total. The van der Waals surface area contributed by atoms with Crippen LogP contribution in [0.4, 0.5) is 0 Å². The van der Waals surface area contributed by atoms with Gasteiger partial charge in [-0.05, 0) is 17.7 Å². The minimum absolute atomic E-state index is 0.0816. The first-order chi connectivity index (χ1) is 11.9. The lowest BCUT2D eigenvalue weighted by Gasteiger charge is -2.32. The number of ether oxygens (including phenoxy) is 1. The maximum absolute atomic E-state index is 5.89. The Labute approximate surface area is 140 Å².